The SMILES string of the molecule is CC(C)=CCOC(=O)c1ccc(I)cc1. The largest absolute Gasteiger partial charge is 0.458 e. The zero-order valence-corrected chi connectivity index (χ0v) is 10.9. The minimum absolute atomic E-state index is 0.274. The molecule has 0 fully saturated rings. The van der Waals surface area contributed by atoms with Gasteiger partial charge in [-0.1, -0.05) is 5.57 Å². The van der Waals surface area contributed by atoms with Gasteiger partial charge in [0.1, 0.15) is 6.61 Å². The van der Waals surface area contributed by atoms with Crippen molar-refractivity contribution in [2.45, 2.75) is 13.8 Å². The number of hydrogen-bond acceptors (Lipinski definition) is 2. The maximum Gasteiger partial charge on any atom is 0.338 e. The van der Waals surface area contributed by atoms with Crippen LogP contribution in [0.2, 0.25) is 0 Å². The molecule has 0 bridgehead atoms. The van der Waals surface area contributed by atoms with Crippen LogP contribution in [-0.2, 0) is 4.74 Å². The van der Waals surface area contributed by atoms with Crippen molar-refractivity contribution in [3.8, 4) is 0 Å². The van der Waals surface area contributed by atoms with Crippen molar-refractivity contribution >= 4 is 28.6 Å². The van der Waals surface area contributed by atoms with Crippen molar-refractivity contribution in [2.24, 2.45) is 0 Å². The minimum atomic E-state index is -0.274. The predicted molar refractivity (Wildman–Crippen MR) is 68.9 cm³/mol. The first-order valence-electron chi connectivity index (χ1n) is 4.65. The van der Waals surface area contributed by atoms with Crippen LogP contribution in [0.3, 0.4) is 0 Å². The lowest BCUT2D eigenvalue weighted by molar-refractivity contribution is 0.0549. The average Bonchev–Trinajstić information content (AvgIpc) is 2.18. The number of carbonyl (C=O) groups is 1. The topological polar surface area (TPSA) is 26.3 Å². The third-order valence-electron chi connectivity index (χ3n) is 1.79. The molecule has 0 unspecified atom stereocenters. The normalized spacial score (nSPS) is 9.53. The Morgan fingerprint density at radius 2 is 1.93 bits per heavy atom. The zero-order valence-electron chi connectivity index (χ0n) is 8.79. The number of allylic oxidation sites excluding steroid dienone is 1. The van der Waals surface area contributed by atoms with Gasteiger partial charge in [-0.3, -0.25) is 0 Å². The molecule has 0 aliphatic heterocycles. The van der Waals surface area contributed by atoms with Gasteiger partial charge in [-0.15, -0.1) is 0 Å². The van der Waals surface area contributed by atoms with E-state index in [1.807, 2.05) is 32.1 Å². The first-order chi connectivity index (χ1) is 7.09. The second kappa shape index (κ2) is 5.90. The van der Waals surface area contributed by atoms with E-state index in [9.17, 15) is 4.79 Å². The summed E-state index contributed by atoms with van der Waals surface area (Å²) in [5, 5.41) is 0. The van der Waals surface area contributed by atoms with Gasteiger partial charge in [-0.2, -0.15) is 0 Å². The smallest absolute Gasteiger partial charge is 0.338 e. The first kappa shape index (κ1) is 12.2. The number of halogens is 1. The van der Waals surface area contributed by atoms with E-state index < -0.39 is 0 Å². The van der Waals surface area contributed by atoms with E-state index in [0.717, 1.165) is 9.14 Å². The molecule has 2 nitrogen and oxygen atoms in total. The fraction of sp³-hybridized carbons (Fsp3) is 0.250. The third-order valence-corrected chi connectivity index (χ3v) is 2.51. The molecule has 0 saturated heterocycles. The molecule has 0 amide bonds. The Morgan fingerprint density at radius 3 is 2.47 bits per heavy atom. The molecule has 80 valence electrons. The van der Waals surface area contributed by atoms with Gasteiger partial charge in [-0.25, -0.2) is 4.79 Å². The summed E-state index contributed by atoms with van der Waals surface area (Å²) in [5.74, 6) is -0.274. The first-order valence-corrected chi connectivity index (χ1v) is 5.73. The van der Waals surface area contributed by atoms with Crippen LogP contribution in [0.4, 0.5) is 0 Å². The molecular formula is C12H13IO2. The molecule has 0 heterocycles. The summed E-state index contributed by atoms with van der Waals surface area (Å²) >= 11 is 2.20. The van der Waals surface area contributed by atoms with Gasteiger partial charge >= 0.3 is 5.97 Å². The molecule has 0 spiro atoms. The van der Waals surface area contributed by atoms with Crippen LogP contribution in [0.1, 0.15) is 24.2 Å². The van der Waals surface area contributed by atoms with Crippen LogP contribution in [-0.4, -0.2) is 12.6 Å². The van der Waals surface area contributed by atoms with Gasteiger partial charge in [-0.05, 0) is 66.8 Å². The fourth-order valence-electron chi connectivity index (χ4n) is 0.953. The highest BCUT2D eigenvalue weighted by molar-refractivity contribution is 14.1. The van der Waals surface area contributed by atoms with E-state index in [2.05, 4.69) is 22.6 Å². The molecule has 0 atom stereocenters. The summed E-state index contributed by atoms with van der Waals surface area (Å²) in [4.78, 5) is 11.5. The minimum Gasteiger partial charge on any atom is -0.458 e. The molecule has 1 aromatic rings. The number of esters is 1. The Kier molecular flexibility index (Phi) is 4.81. The van der Waals surface area contributed by atoms with E-state index in [4.69, 9.17) is 4.74 Å². The van der Waals surface area contributed by atoms with Gasteiger partial charge < -0.3 is 4.74 Å². The number of benzene rings is 1. The number of hydrogen-bond donors (Lipinski definition) is 0. The average molecular weight is 316 g/mol. The lowest BCUT2D eigenvalue weighted by Gasteiger charge is -2.02. The highest BCUT2D eigenvalue weighted by Crippen LogP contribution is 2.07. The van der Waals surface area contributed by atoms with Crippen LogP contribution < -0.4 is 0 Å². The standard InChI is InChI=1S/C12H13IO2/c1-9(2)7-8-15-12(14)10-3-5-11(13)6-4-10/h3-7H,8H2,1-2H3. The Labute approximate surface area is 103 Å². The maximum atomic E-state index is 11.5. The quantitative estimate of drug-likeness (QED) is 0.485. The van der Waals surface area contributed by atoms with E-state index in [1.54, 1.807) is 12.1 Å². The van der Waals surface area contributed by atoms with Crippen molar-refractivity contribution in [3.63, 3.8) is 0 Å². The van der Waals surface area contributed by atoms with Crippen molar-refractivity contribution in [1.82, 2.24) is 0 Å². The lowest BCUT2D eigenvalue weighted by Crippen LogP contribution is -2.05. The highest BCUT2D eigenvalue weighted by atomic mass is 127. The van der Waals surface area contributed by atoms with Gasteiger partial charge in [0.25, 0.3) is 0 Å². The Balaban J connectivity index is 2.54. The van der Waals surface area contributed by atoms with Crippen LogP contribution >= 0.6 is 22.6 Å². The summed E-state index contributed by atoms with van der Waals surface area (Å²) in [5.41, 5.74) is 1.74. The molecule has 15 heavy (non-hydrogen) atoms. The predicted octanol–water partition coefficient (Wildman–Crippen LogP) is 3.41. The second-order valence-corrected chi connectivity index (χ2v) is 4.63. The number of ether oxygens (including phenoxy) is 1. The summed E-state index contributed by atoms with van der Waals surface area (Å²) in [6, 6.07) is 7.31. The molecule has 0 radical (unpaired) electrons. The molecule has 0 aromatic heterocycles. The summed E-state index contributed by atoms with van der Waals surface area (Å²) in [6.45, 7) is 4.28. The van der Waals surface area contributed by atoms with Crippen LogP contribution in [0.15, 0.2) is 35.9 Å². The van der Waals surface area contributed by atoms with Crippen molar-refractivity contribution < 1.29 is 9.53 Å². The van der Waals surface area contributed by atoms with E-state index in [-0.39, 0.29) is 5.97 Å². The van der Waals surface area contributed by atoms with Gasteiger partial charge in [0.15, 0.2) is 0 Å². The number of carbonyl (C=O) groups excluding carboxylic acids is 1. The Morgan fingerprint density at radius 1 is 1.33 bits per heavy atom. The molecular weight excluding hydrogens is 303 g/mol. The summed E-state index contributed by atoms with van der Waals surface area (Å²) in [7, 11) is 0. The summed E-state index contributed by atoms with van der Waals surface area (Å²) < 4.78 is 6.17. The molecule has 0 aliphatic carbocycles. The van der Waals surface area contributed by atoms with Gasteiger partial charge in [0, 0.05) is 3.57 Å². The van der Waals surface area contributed by atoms with Gasteiger partial charge in [0.2, 0.25) is 0 Å². The molecule has 0 aliphatic rings. The van der Waals surface area contributed by atoms with Crippen LogP contribution in [0, 0.1) is 3.57 Å². The highest BCUT2D eigenvalue weighted by Gasteiger charge is 2.04. The van der Waals surface area contributed by atoms with E-state index >= 15 is 0 Å². The zero-order chi connectivity index (χ0) is 11.3. The molecule has 3 heteroatoms. The van der Waals surface area contributed by atoms with Crippen molar-refractivity contribution in [2.75, 3.05) is 6.61 Å². The van der Waals surface area contributed by atoms with Crippen LogP contribution in [0.5, 0.6) is 0 Å². The van der Waals surface area contributed by atoms with Crippen LogP contribution in [0.25, 0.3) is 0 Å². The van der Waals surface area contributed by atoms with Crippen molar-refractivity contribution in [3.05, 3.63) is 45.0 Å². The Bertz CT molecular complexity index is 362. The molecule has 1 aromatic carbocycles. The molecule has 0 N–H and O–H groups in total. The third kappa shape index (κ3) is 4.46. The Hall–Kier alpha value is -0.840. The number of rotatable bonds is 3. The lowest BCUT2D eigenvalue weighted by atomic mass is 10.2. The monoisotopic (exact) mass is 316 g/mol. The van der Waals surface area contributed by atoms with E-state index in [1.165, 1.54) is 0 Å². The fourth-order valence-corrected chi connectivity index (χ4v) is 1.31. The van der Waals surface area contributed by atoms with Crippen molar-refractivity contribution in [1.29, 1.82) is 0 Å². The second-order valence-electron chi connectivity index (χ2n) is 3.39. The molecule has 0 saturated carbocycles. The summed E-state index contributed by atoms with van der Waals surface area (Å²) in [6.07, 6.45) is 1.88. The van der Waals surface area contributed by atoms with Gasteiger partial charge in [0.05, 0.1) is 5.56 Å². The maximum absolute atomic E-state index is 11.5. The van der Waals surface area contributed by atoms with E-state index in [0.29, 0.717) is 12.2 Å². The molecule has 1 rings (SSSR count).